The van der Waals surface area contributed by atoms with Crippen molar-refractivity contribution in [1.82, 2.24) is 16.0 Å². The van der Waals surface area contributed by atoms with Gasteiger partial charge in [-0.1, -0.05) is 0 Å². The van der Waals surface area contributed by atoms with Crippen molar-refractivity contribution in [2.75, 3.05) is 13.1 Å². The van der Waals surface area contributed by atoms with E-state index in [2.05, 4.69) is 16.0 Å². The summed E-state index contributed by atoms with van der Waals surface area (Å²) in [5.74, 6) is -0.178. The molecular formula is C11H19N3O3. The molecule has 1 aliphatic rings. The van der Waals surface area contributed by atoms with Gasteiger partial charge in [0, 0.05) is 18.5 Å². The fourth-order valence-corrected chi connectivity index (χ4v) is 2.01. The van der Waals surface area contributed by atoms with Gasteiger partial charge >= 0.3 is 0 Å². The van der Waals surface area contributed by atoms with Gasteiger partial charge in [-0.2, -0.15) is 0 Å². The van der Waals surface area contributed by atoms with Gasteiger partial charge in [-0.15, -0.1) is 0 Å². The molecule has 0 aromatic rings. The largest absolute Gasteiger partial charge is 0.356 e. The summed E-state index contributed by atoms with van der Waals surface area (Å²) in [5.41, 5.74) is 0. The van der Waals surface area contributed by atoms with Crippen LogP contribution in [0.15, 0.2) is 0 Å². The fraction of sp³-hybridized carbons (Fsp3) is 0.727. The molecule has 0 aliphatic carbocycles. The first-order chi connectivity index (χ1) is 8.13. The third kappa shape index (κ3) is 4.84. The van der Waals surface area contributed by atoms with Crippen molar-refractivity contribution in [3.05, 3.63) is 0 Å². The van der Waals surface area contributed by atoms with E-state index in [1.807, 2.05) is 6.92 Å². The molecule has 6 nitrogen and oxygen atoms in total. The number of nitrogens with one attached hydrogen (secondary N) is 3. The Bertz CT molecular complexity index is 294. The van der Waals surface area contributed by atoms with Gasteiger partial charge in [0.1, 0.15) is 0 Å². The Balaban J connectivity index is 2.27. The molecular weight excluding hydrogens is 222 g/mol. The van der Waals surface area contributed by atoms with Gasteiger partial charge in [-0.25, -0.2) is 0 Å². The molecule has 1 rings (SSSR count). The first-order valence-electron chi connectivity index (χ1n) is 5.87. The lowest BCUT2D eigenvalue weighted by molar-refractivity contribution is -0.128. The van der Waals surface area contributed by atoms with Crippen LogP contribution in [-0.4, -0.2) is 37.4 Å². The highest BCUT2D eigenvalue weighted by molar-refractivity contribution is 5.81. The molecule has 0 bridgehead atoms. The Kier molecular flexibility index (Phi) is 5.45. The predicted octanol–water partition coefficient (Wildman–Crippen LogP) is -0.847. The average molecular weight is 241 g/mol. The first-order valence-corrected chi connectivity index (χ1v) is 5.87. The maximum absolute atomic E-state index is 11.5. The molecule has 0 saturated carbocycles. The summed E-state index contributed by atoms with van der Waals surface area (Å²) < 4.78 is 0. The van der Waals surface area contributed by atoms with Crippen LogP contribution in [0.25, 0.3) is 0 Å². The molecule has 6 heteroatoms. The number of hydrogen-bond acceptors (Lipinski definition) is 3. The van der Waals surface area contributed by atoms with E-state index >= 15 is 0 Å². The number of piperidine rings is 1. The summed E-state index contributed by atoms with van der Waals surface area (Å²) in [6.45, 7) is 2.59. The SMILES string of the molecule is CC(CC1CCCNC1=O)NC(=O)CNC=O. The van der Waals surface area contributed by atoms with Crippen LogP contribution in [0.5, 0.6) is 0 Å². The molecule has 0 radical (unpaired) electrons. The molecule has 0 aromatic heterocycles. The van der Waals surface area contributed by atoms with Crippen LogP contribution in [0.1, 0.15) is 26.2 Å². The lowest BCUT2D eigenvalue weighted by atomic mass is 9.92. The summed E-state index contributed by atoms with van der Waals surface area (Å²) in [6.07, 6.45) is 2.99. The number of hydrogen-bond donors (Lipinski definition) is 3. The molecule has 3 amide bonds. The molecule has 1 saturated heterocycles. The zero-order chi connectivity index (χ0) is 12.7. The Morgan fingerprint density at radius 2 is 2.41 bits per heavy atom. The molecule has 17 heavy (non-hydrogen) atoms. The van der Waals surface area contributed by atoms with E-state index < -0.39 is 0 Å². The van der Waals surface area contributed by atoms with E-state index in [1.54, 1.807) is 0 Å². The minimum atomic E-state index is -0.235. The van der Waals surface area contributed by atoms with Crippen LogP contribution >= 0.6 is 0 Å². The highest BCUT2D eigenvalue weighted by Gasteiger charge is 2.24. The Hall–Kier alpha value is -1.59. The van der Waals surface area contributed by atoms with E-state index in [0.717, 1.165) is 19.4 Å². The molecule has 1 fully saturated rings. The van der Waals surface area contributed by atoms with Crippen molar-refractivity contribution in [3.8, 4) is 0 Å². The summed E-state index contributed by atoms with van der Waals surface area (Å²) in [6, 6.07) is -0.0650. The molecule has 3 N–H and O–H groups in total. The van der Waals surface area contributed by atoms with E-state index in [0.29, 0.717) is 12.8 Å². The molecule has 96 valence electrons. The summed E-state index contributed by atoms with van der Waals surface area (Å²) in [5, 5.41) is 7.85. The summed E-state index contributed by atoms with van der Waals surface area (Å²) in [7, 11) is 0. The Morgan fingerprint density at radius 3 is 3.06 bits per heavy atom. The molecule has 1 aliphatic heterocycles. The van der Waals surface area contributed by atoms with E-state index in [4.69, 9.17) is 0 Å². The van der Waals surface area contributed by atoms with E-state index in [-0.39, 0.29) is 30.3 Å². The monoisotopic (exact) mass is 241 g/mol. The van der Waals surface area contributed by atoms with Crippen LogP contribution in [0.3, 0.4) is 0 Å². The lowest BCUT2D eigenvalue weighted by Crippen LogP contribution is -2.43. The second-order valence-electron chi connectivity index (χ2n) is 4.33. The van der Waals surface area contributed by atoms with Crippen molar-refractivity contribution in [2.24, 2.45) is 5.92 Å². The predicted molar refractivity (Wildman–Crippen MR) is 62.0 cm³/mol. The number of carbonyl (C=O) groups excluding carboxylic acids is 3. The van der Waals surface area contributed by atoms with Gasteiger partial charge in [0.05, 0.1) is 6.54 Å². The van der Waals surface area contributed by atoms with Crippen molar-refractivity contribution in [1.29, 1.82) is 0 Å². The van der Waals surface area contributed by atoms with Gasteiger partial charge < -0.3 is 16.0 Å². The van der Waals surface area contributed by atoms with Gasteiger partial charge in [0.2, 0.25) is 18.2 Å². The normalized spacial score (nSPS) is 21.2. The maximum Gasteiger partial charge on any atom is 0.239 e. The topological polar surface area (TPSA) is 87.3 Å². The minimum absolute atomic E-state index is 0.0157. The quantitative estimate of drug-likeness (QED) is 0.529. The fourth-order valence-electron chi connectivity index (χ4n) is 2.01. The summed E-state index contributed by atoms with van der Waals surface area (Å²) in [4.78, 5) is 32.8. The third-order valence-electron chi connectivity index (χ3n) is 2.79. The van der Waals surface area contributed by atoms with Crippen LogP contribution in [0.4, 0.5) is 0 Å². The third-order valence-corrected chi connectivity index (χ3v) is 2.79. The molecule has 2 atom stereocenters. The van der Waals surface area contributed by atoms with Gasteiger partial charge in [-0.3, -0.25) is 14.4 Å². The maximum atomic E-state index is 11.5. The van der Waals surface area contributed by atoms with Gasteiger partial charge in [0.15, 0.2) is 0 Å². The first kappa shape index (κ1) is 13.5. The number of rotatable bonds is 6. The van der Waals surface area contributed by atoms with E-state index in [1.165, 1.54) is 0 Å². The van der Waals surface area contributed by atoms with Crippen molar-refractivity contribution < 1.29 is 14.4 Å². The van der Waals surface area contributed by atoms with Crippen molar-refractivity contribution >= 4 is 18.2 Å². The second-order valence-corrected chi connectivity index (χ2v) is 4.33. The molecule has 2 unspecified atom stereocenters. The molecule has 0 aromatic carbocycles. The average Bonchev–Trinajstić information content (AvgIpc) is 2.29. The van der Waals surface area contributed by atoms with Gasteiger partial charge in [-0.05, 0) is 26.2 Å². The Morgan fingerprint density at radius 1 is 1.65 bits per heavy atom. The summed E-state index contributed by atoms with van der Waals surface area (Å²) >= 11 is 0. The number of amides is 3. The van der Waals surface area contributed by atoms with Crippen LogP contribution in [-0.2, 0) is 14.4 Å². The molecule has 0 spiro atoms. The highest BCUT2D eigenvalue weighted by Crippen LogP contribution is 2.17. The standard InChI is InChI=1S/C11H19N3O3/c1-8(14-10(16)6-12-7-15)5-9-3-2-4-13-11(9)17/h7-9H,2-6H2,1H3,(H,12,15)(H,13,17)(H,14,16). The molecule has 1 heterocycles. The zero-order valence-electron chi connectivity index (χ0n) is 9.99. The number of carbonyl (C=O) groups is 3. The zero-order valence-corrected chi connectivity index (χ0v) is 9.99. The highest BCUT2D eigenvalue weighted by atomic mass is 16.2. The van der Waals surface area contributed by atoms with Crippen LogP contribution in [0, 0.1) is 5.92 Å². The van der Waals surface area contributed by atoms with E-state index in [9.17, 15) is 14.4 Å². The Labute approximate surface area is 101 Å². The smallest absolute Gasteiger partial charge is 0.239 e. The van der Waals surface area contributed by atoms with Crippen LogP contribution in [0.2, 0.25) is 0 Å². The minimum Gasteiger partial charge on any atom is -0.356 e. The van der Waals surface area contributed by atoms with Crippen molar-refractivity contribution in [3.63, 3.8) is 0 Å². The lowest BCUT2D eigenvalue weighted by Gasteiger charge is -2.24. The van der Waals surface area contributed by atoms with Crippen molar-refractivity contribution in [2.45, 2.75) is 32.2 Å². The van der Waals surface area contributed by atoms with Crippen LogP contribution < -0.4 is 16.0 Å². The second kappa shape index (κ2) is 6.88. The van der Waals surface area contributed by atoms with Gasteiger partial charge in [0.25, 0.3) is 0 Å².